The zero-order valence-electron chi connectivity index (χ0n) is 15.9. The number of amides is 2. The highest BCUT2D eigenvalue weighted by molar-refractivity contribution is 5.79. The number of methoxy groups -OCH3 is 1. The summed E-state index contributed by atoms with van der Waals surface area (Å²) < 4.78 is 11.0. The van der Waals surface area contributed by atoms with Gasteiger partial charge in [-0.2, -0.15) is 0 Å². The fourth-order valence-corrected chi connectivity index (χ4v) is 4.52. The van der Waals surface area contributed by atoms with Crippen molar-refractivity contribution >= 4 is 11.8 Å². The molecule has 0 spiro atoms. The van der Waals surface area contributed by atoms with Crippen LogP contribution in [0.5, 0.6) is 11.5 Å². The minimum absolute atomic E-state index is 0.0208. The van der Waals surface area contributed by atoms with Crippen LogP contribution in [0, 0.1) is 0 Å². The predicted molar refractivity (Wildman–Crippen MR) is 98.3 cm³/mol. The molecule has 2 aliphatic rings. The molecule has 26 heavy (non-hydrogen) atoms. The minimum atomic E-state index is -0.275. The van der Waals surface area contributed by atoms with Crippen LogP contribution in [0.25, 0.3) is 0 Å². The average Bonchev–Trinajstić information content (AvgIpc) is 2.64. The van der Waals surface area contributed by atoms with Crippen LogP contribution >= 0.6 is 0 Å². The Kier molecular flexibility index (Phi) is 5.39. The van der Waals surface area contributed by atoms with Gasteiger partial charge >= 0.3 is 0 Å². The topological polar surface area (TPSA) is 59.1 Å². The summed E-state index contributed by atoms with van der Waals surface area (Å²) >= 11 is 0. The number of benzene rings is 1. The van der Waals surface area contributed by atoms with Crippen molar-refractivity contribution in [3.63, 3.8) is 0 Å². The molecule has 0 N–H and O–H groups in total. The monoisotopic (exact) mass is 360 g/mol. The quantitative estimate of drug-likeness (QED) is 0.828. The lowest BCUT2D eigenvalue weighted by Gasteiger charge is -2.56. The van der Waals surface area contributed by atoms with E-state index in [1.165, 1.54) is 0 Å². The lowest BCUT2D eigenvalue weighted by molar-refractivity contribution is -0.155. The summed E-state index contributed by atoms with van der Waals surface area (Å²) in [6.07, 6.45) is 3.70. The van der Waals surface area contributed by atoms with Crippen molar-refractivity contribution in [2.45, 2.75) is 51.1 Å². The smallest absolute Gasteiger partial charge is 0.260 e. The van der Waals surface area contributed by atoms with E-state index in [-0.39, 0.29) is 30.0 Å². The molecule has 0 aromatic heterocycles. The third-order valence-corrected chi connectivity index (χ3v) is 5.77. The molecule has 2 aliphatic heterocycles. The highest BCUT2D eigenvalue weighted by Gasteiger charge is 2.49. The molecule has 6 heteroatoms. The lowest BCUT2D eigenvalue weighted by Crippen LogP contribution is -2.68. The van der Waals surface area contributed by atoms with Crippen LogP contribution in [0.4, 0.5) is 0 Å². The molecule has 2 saturated heterocycles. The van der Waals surface area contributed by atoms with Gasteiger partial charge in [0.25, 0.3) is 5.91 Å². The Bertz CT molecular complexity index is 678. The number of fused-ring (bicyclic) bond motifs is 1. The van der Waals surface area contributed by atoms with E-state index in [9.17, 15) is 9.59 Å². The predicted octanol–water partition coefficient (Wildman–Crippen LogP) is 2.47. The number of ether oxygens (including phenoxy) is 2. The van der Waals surface area contributed by atoms with Crippen molar-refractivity contribution < 1.29 is 19.1 Å². The molecule has 0 bridgehead atoms. The van der Waals surface area contributed by atoms with Crippen LogP contribution in [-0.4, -0.2) is 60.0 Å². The van der Waals surface area contributed by atoms with E-state index in [1.807, 2.05) is 28.0 Å². The summed E-state index contributed by atoms with van der Waals surface area (Å²) in [5, 5.41) is 0. The standard InChI is InChI=1S/C20H28N2O4/c1-15(23)22-13-6-10-18-20(22,2)11-7-12-21(18)19(24)14-26-17-9-5-4-8-16(17)25-3/h4-5,8-9,18H,6-7,10-14H2,1-3H3/t18-,20-/m0/s1. The normalized spacial score (nSPS) is 25.4. The molecule has 6 nitrogen and oxygen atoms in total. The first-order valence-corrected chi connectivity index (χ1v) is 9.31. The molecular formula is C20H28N2O4. The second kappa shape index (κ2) is 7.56. The summed E-state index contributed by atoms with van der Waals surface area (Å²) in [5.74, 6) is 1.25. The number of para-hydroxylation sites is 2. The third-order valence-electron chi connectivity index (χ3n) is 5.77. The molecule has 0 unspecified atom stereocenters. The molecule has 2 amide bonds. The van der Waals surface area contributed by atoms with Crippen molar-refractivity contribution in [2.75, 3.05) is 26.8 Å². The summed E-state index contributed by atoms with van der Waals surface area (Å²) in [5.41, 5.74) is -0.275. The molecule has 0 radical (unpaired) electrons. The number of hydrogen-bond donors (Lipinski definition) is 0. The van der Waals surface area contributed by atoms with Crippen LogP contribution < -0.4 is 9.47 Å². The van der Waals surface area contributed by atoms with E-state index in [2.05, 4.69) is 6.92 Å². The molecule has 2 atom stereocenters. The van der Waals surface area contributed by atoms with Gasteiger partial charge in [0, 0.05) is 20.0 Å². The number of likely N-dealkylation sites (tertiary alicyclic amines) is 2. The van der Waals surface area contributed by atoms with Gasteiger partial charge in [0.2, 0.25) is 5.91 Å². The molecule has 3 rings (SSSR count). The fraction of sp³-hybridized carbons (Fsp3) is 0.600. The van der Waals surface area contributed by atoms with Crippen molar-refractivity contribution in [3.8, 4) is 11.5 Å². The van der Waals surface area contributed by atoms with Gasteiger partial charge in [-0.3, -0.25) is 9.59 Å². The Hall–Kier alpha value is -2.24. The number of carbonyl (C=O) groups is 2. The summed E-state index contributed by atoms with van der Waals surface area (Å²) in [6.45, 7) is 5.23. The van der Waals surface area contributed by atoms with Gasteiger partial charge in [-0.05, 0) is 44.7 Å². The molecular weight excluding hydrogens is 332 g/mol. The molecule has 1 aromatic carbocycles. The number of piperidine rings is 2. The van der Waals surface area contributed by atoms with Crippen LogP contribution in [0.3, 0.4) is 0 Å². The zero-order valence-corrected chi connectivity index (χ0v) is 15.9. The van der Waals surface area contributed by atoms with Gasteiger partial charge in [0.15, 0.2) is 18.1 Å². The average molecular weight is 360 g/mol. The van der Waals surface area contributed by atoms with Gasteiger partial charge in [-0.25, -0.2) is 0 Å². The SMILES string of the molecule is COc1ccccc1OCC(=O)N1CCC[C@@]2(C)[C@@H]1CCCN2C(C)=O. The van der Waals surface area contributed by atoms with Crippen LogP contribution in [0.15, 0.2) is 24.3 Å². The molecule has 142 valence electrons. The maximum absolute atomic E-state index is 12.9. The minimum Gasteiger partial charge on any atom is -0.493 e. The zero-order chi connectivity index (χ0) is 18.7. The second-order valence-corrected chi connectivity index (χ2v) is 7.32. The van der Waals surface area contributed by atoms with Crippen molar-refractivity contribution in [2.24, 2.45) is 0 Å². The maximum Gasteiger partial charge on any atom is 0.260 e. The van der Waals surface area contributed by atoms with E-state index in [1.54, 1.807) is 20.1 Å². The summed E-state index contributed by atoms with van der Waals surface area (Å²) in [7, 11) is 1.58. The van der Waals surface area contributed by atoms with E-state index >= 15 is 0 Å². The molecule has 2 heterocycles. The maximum atomic E-state index is 12.9. The Morgan fingerprint density at radius 2 is 1.92 bits per heavy atom. The number of rotatable bonds is 4. The van der Waals surface area contributed by atoms with Gasteiger partial charge in [0.05, 0.1) is 18.7 Å². The van der Waals surface area contributed by atoms with Crippen LogP contribution in [-0.2, 0) is 9.59 Å². The van der Waals surface area contributed by atoms with Gasteiger partial charge in [-0.1, -0.05) is 12.1 Å². The van der Waals surface area contributed by atoms with E-state index in [0.29, 0.717) is 11.5 Å². The summed E-state index contributed by atoms with van der Waals surface area (Å²) in [6, 6.07) is 7.38. The third kappa shape index (κ3) is 3.37. The molecule has 0 aliphatic carbocycles. The van der Waals surface area contributed by atoms with Crippen LogP contribution in [0.1, 0.15) is 39.5 Å². The lowest BCUT2D eigenvalue weighted by atomic mass is 9.76. The molecule has 1 aromatic rings. The van der Waals surface area contributed by atoms with Crippen molar-refractivity contribution in [3.05, 3.63) is 24.3 Å². The van der Waals surface area contributed by atoms with Gasteiger partial charge in [-0.15, -0.1) is 0 Å². The van der Waals surface area contributed by atoms with Crippen molar-refractivity contribution in [1.82, 2.24) is 9.80 Å². The van der Waals surface area contributed by atoms with Crippen LogP contribution in [0.2, 0.25) is 0 Å². The summed E-state index contributed by atoms with van der Waals surface area (Å²) in [4.78, 5) is 28.9. The first-order valence-electron chi connectivity index (χ1n) is 9.31. The highest BCUT2D eigenvalue weighted by atomic mass is 16.5. The van der Waals surface area contributed by atoms with Gasteiger partial charge < -0.3 is 19.3 Å². The Balaban J connectivity index is 1.72. The van der Waals surface area contributed by atoms with E-state index in [4.69, 9.17) is 9.47 Å². The number of nitrogens with zero attached hydrogens (tertiary/aromatic N) is 2. The van der Waals surface area contributed by atoms with E-state index in [0.717, 1.165) is 38.8 Å². The highest BCUT2D eigenvalue weighted by Crippen LogP contribution is 2.39. The second-order valence-electron chi connectivity index (χ2n) is 7.32. The molecule has 0 saturated carbocycles. The van der Waals surface area contributed by atoms with E-state index < -0.39 is 0 Å². The first-order chi connectivity index (χ1) is 12.5. The van der Waals surface area contributed by atoms with Crippen molar-refractivity contribution in [1.29, 1.82) is 0 Å². The number of hydrogen-bond acceptors (Lipinski definition) is 4. The fourth-order valence-electron chi connectivity index (χ4n) is 4.52. The Morgan fingerprint density at radius 1 is 1.19 bits per heavy atom. The number of carbonyl (C=O) groups excluding carboxylic acids is 2. The first kappa shape index (κ1) is 18.5. The van der Waals surface area contributed by atoms with Gasteiger partial charge in [0.1, 0.15) is 0 Å². The Labute approximate surface area is 155 Å². The molecule has 2 fully saturated rings. The largest absolute Gasteiger partial charge is 0.493 e. The Morgan fingerprint density at radius 3 is 2.62 bits per heavy atom.